The van der Waals surface area contributed by atoms with Gasteiger partial charge in [-0.3, -0.25) is 4.21 Å². The van der Waals surface area contributed by atoms with Crippen LogP contribution in [0.15, 0.2) is 0 Å². The maximum Gasteiger partial charge on any atom is 0.0897 e. The molecule has 0 aliphatic rings. The fraction of sp³-hybridized carbons (Fsp3) is 1.00. The van der Waals surface area contributed by atoms with Gasteiger partial charge in [0.25, 0.3) is 0 Å². The molecule has 98 valence electrons. The first-order valence-corrected chi connectivity index (χ1v) is 7.34. The van der Waals surface area contributed by atoms with E-state index >= 15 is 0 Å². The van der Waals surface area contributed by atoms with Crippen LogP contribution in [0.4, 0.5) is 0 Å². The van der Waals surface area contributed by atoms with E-state index in [2.05, 4.69) is 19.2 Å². The third kappa shape index (κ3) is 9.27. The first kappa shape index (κ1) is 16.0. The smallest absolute Gasteiger partial charge is 0.0897 e. The van der Waals surface area contributed by atoms with Gasteiger partial charge >= 0.3 is 0 Å². The third-order valence-corrected chi connectivity index (χ3v) is 3.44. The van der Waals surface area contributed by atoms with Gasteiger partial charge in [-0.1, -0.05) is 13.8 Å². The van der Waals surface area contributed by atoms with Gasteiger partial charge in [-0.2, -0.15) is 0 Å². The summed E-state index contributed by atoms with van der Waals surface area (Å²) < 4.78 is 16.4. The fourth-order valence-electron chi connectivity index (χ4n) is 1.07. The molecule has 5 heteroatoms. The quantitative estimate of drug-likeness (QED) is 0.622. The molecule has 0 saturated heterocycles. The predicted octanol–water partition coefficient (Wildman–Crippen LogP) is 0.377. The molecule has 0 bridgehead atoms. The summed E-state index contributed by atoms with van der Waals surface area (Å²) in [5.41, 5.74) is 0. The molecule has 0 aromatic rings. The molecule has 16 heavy (non-hydrogen) atoms. The summed E-state index contributed by atoms with van der Waals surface area (Å²) >= 11 is 0. The van der Waals surface area contributed by atoms with Crippen molar-refractivity contribution in [3.63, 3.8) is 0 Å². The zero-order valence-electron chi connectivity index (χ0n) is 10.7. The Morgan fingerprint density at radius 2 is 1.88 bits per heavy atom. The first-order chi connectivity index (χ1) is 7.43. The second kappa shape index (κ2) is 9.10. The lowest BCUT2D eigenvalue weighted by Crippen LogP contribution is -2.35. The van der Waals surface area contributed by atoms with E-state index in [1.165, 1.54) is 0 Å². The minimum absolute atomic E-state index is 0.115. The van der Waals surface area contributed by atoms with Crippen molar-refractivity contribution in [2.24, 2.45) is 5.92 Å². The molecule has 0 aliphatic heterocycles. The van der Waals surface area contributed by atoms with Crippen molar-refractivity contribution in [3.05, 3.63) is 0 Å². The SMILES string of the molecule is CC(C)COCC(O)CNCC(C)S(C)=O. The molecule has 0 amide bonds. The van der Waals surface area contributed by atoms with Gasteiger partial charge in [0.1, 0.15) is 0 Å². The monoisotopic (exact) mass is 251 g/mol. The molecule has 0 spiro atoms. The molecule has 0 fully saturated rings. The Bertz CT molecular complexity index is 200. The van der Waals surface area contributed by atoms with E-state index in [-0.39, 0.29) is 5.25 Å². The summed E-state index contributed by atoms with van der Waals surface area (Å²) in [5.74, 6) is 0.489. The average Bonchev–Trinajstić information content (AvgIpc) is 2.16. The lowest BCUT2D eigenvalue weighted by Gasteiger charge is -2.15. The second-order valence-corrected chi connectivity index (χ2v) is 6.35. The number of rotatable bonds is 9. The number of hydrogen-bond donors (Lipinski definition) is 2. The Hall–Kier alpha value is 0.0300. The van der Waals surface area contributed by atoms with Crippen LogP contribution in [0, 0.1) is 5.92 Å². The molecule has 0 aliphatic carbocycles. The number of aliphatic hydroxyl groups is 1. The van der Waals surface area contributed by atoms with Crippen LogP contribution in [-0.2, 0) is 15.5 Å². The molecule has 3 unspecified atom stereocenters. The molecule has 0 saturated carbocycles. The molecule has 3 atom stereocenters. The second-order valence-electron chi connectivity index (χ2n) is 4.55. The molecule has 2 N–H and O–H groups in total. The Morgan fingerprint density at radius 3 is 2.38 bits per heavy atom. The maximum absolute atomic E-state index is 11.1. The maximum atomic E-state index is 11.1. The van der Waals surface area contributed by atoms with Gasteiger partial charge in [-0.25, -0.2) is 0 Å². The lowest BCUT2D eigenvalue weighted by molar-refractivity contribution is 0.0263. The minimum atomic E-state index is -0.812. The van der Waals surface area contributed by atoms with Crippen molar-refractivity contribution in [3.8, 4) is 0 Å². The Balaban J connectivity index is 3.43. The van der Waals surface area contributed by atoms with Gasteiger partial charge in [-0.15, -0.1) is 0 Å². The average molecular weight is 251 g/mol. The van der Waals surface area contributed by atoms with E-state index < -0.39 is 16.9 Å². The van der Waals surface area contributed by atoms with Crippen LogP contribution in [-0.4, -0.2) is 53.2 Å². The fourth-order valence-corrected chi connectivity index (χ4v) is 1.42. The molecule has 0 heterocycles. The Morgan fingerprint density at radius 1 is 1.25 bits per heavy atom. The van der Waals surface area contributed by atoms with Crippen LogP contribution < -0.4 is 5.32 Å². The van der Waals surface area contributed by atoms with Crippen molar-refractivity contribution in [1.29, 1.82) is 0 Å². The van der Waals surface area contributed by atoms with Gasteiger partial charge in [0.2, 0.25) is 0 Å². The number of hydrogen-bond acceptors (Lipinski definition) is 4. The van der Waals surface area contributed by atoms with Crippen molar-refractivity contribution in [2.75, 3.05) is 32.6 Å². The van der Waals surface area contributed by atoms with Crippen molar-refractivity contribution < 1.29 is 14.1 Å². The summed E-state index contributed by atoms with van der Waals surface area (Å²) in [4.78, 5) is 0. The zero-order chi connectivity index (χ0) is 12.6. The van der Waals surface area contributed by atoms with Gasteiger partial charge < -0.3 is 15.2 Å². The number of nitrogens with one attached hydrogen (secondary N) is 1. The van der Waals surface area contributed by atoms with Gasteiger partial charge in [-0.05, 0) is 12.8 Å². The van der Waals surface area contributed by atoms with Gasteiger partial charge in [0.15, 0.2) is 0 Å². The van der Waals surface area contributed by atoms with Crippen LogP contribution >= 0.6 is 0 Å². The topological polar surface area (TPSA) is 58.6 Å². The molecule has 0 radical (unpaired) electrons. The molecule has 0 rings (SSSR count). The standard InChI is InChI=1S/C11H25NO3S/c1-9(2)7-15-8-11(13)6-12-5-10(3)16(4)14/h9-13H,5-8H2,1-4H3. The van der Waals surface area contributed by atoms with E-state index in [1.807, 2.05) is 6.92 Å². The van der Waals surface area contributed by atoms with E-state index in [0.29, 0.717) is 32.2 Å². The van der Waals surface area contributed by atoms with Crippen LogP contribution in [0.5, 0.6) is 0 Å². The summed E-state index contributed by atoms with van der Waals surface area (Å²) in [7, 11) is -0.812. The van der Waals surface area contributed by atoms with Crippen LogP contribution in [0.2, 0.25) is 0 Å². The summed E-state index contributed by atoms with van der Waals surface area (Å²) in [5, 5.41) is 12.7. The van der Waals surface area contributed by atoms with Crippen LogP contribution in [0.25, 0.3) is 0 Å². The lowest BCUT2D eigenvalue weighted by atomic mass is 10.2. The number of ether oxygens (including phenoxy) is 1. The largest absolute Gasteiger partial charge is 0.389 e. The summed E-state index contributed by atoms with van der Waals surface area (Å²) in [6, 6.07) is 0. The highest BCUT2D eigenvalue weighted by molar-refractivity contribution is 7.84. The van der Waals surface area contributed by atoms with Crippen LogP contribution in [0.1, 0.15) is 20.8 Å². The molecular weight excluding hydrogens is 226 g/mol. The van der Waals surface area contributed by atoms with Crippen molar-refractivity contribution in [1.82, 2.24) is 5.32 Å². The van der Waals surface area contributed by atoms with Crippen molar-refractivity contribution in [2.45, 2.75) is 32.1 Å². The summed E-state index contributed by atoms with van der Waals surface area (Å²) in [6.45, 7) is 8.24. The highest BCUT2D eigenvalue weighted by Gasteiger charge is 2.08. The minimum Gasteiger partial charge on any atom is -0.389 e. The highest BCUT2D eigenvalue weighted by Crippen LogP contribution is 1.94. The van der Waals surface area contributed by atoms with E-state index in [0.717, 1.165) is 0 Å². The molecule has 4 nitrogen and oxygen atoms in total. The first-order valence-electron chi connectivity index (χ1n) is 5.72. The van der Waals surface area contributed by atoms with E-state index in [9.17, 15) is 9.32 Å². The molecular formula is C11H25NO3S. The third-order valence-electron chi connectivity index (χ3n) is 2.14. The summed E-state index contributed by atoms with van der Waals surface area (Å²) in [6.07, 6.45) is 1.20. The van der Waals surface area contributed by atoms with Gasteiger partial charge in [0, 0.05) is 42.0 Å². The predicted molar refractivity (Wildman–Crippen MR) is 68.1 cm³/mol. The zero-order valence-corrected chi connectivity index (χ0v) is 11.5. The Kier molecular flexibility index (Phi) is 9.12. The van der Waals surface area contributed by atoms with E-state index in [1.54, 1.807) is 6.26 Å². The highest BCUT2D eigenvalue weighted by atomic mass is 32.2. The van der Waals surface area contributed by atoms with Gasteiger partial charge in [0.05, 0.1) is 12.7 Å². The van der Waals surface area contributed by atoms with E-state index in [4.69, 9.17) is 4.74 Å². The Labute approximate surface area is 101 Å². The molecule has 0 aromatic heterocycles. The van der Waals surface area contributed by atoms with Crippen molar-refractivity contribution >= 4 is 10.8 Å². The molecule has 0 aromatic carbocycles. The number of aliphatic hydroxyl groups excluding tert-OH is 1. The van der Waals surface area contributed by atoms with Crippen LogP contribution in [0.3, 0.4) is 0 Å². The normalized spacial score (nSPS) is 17.4.